The molecular weight excluding hydrogens is 288 g/mol. The van der Waals surface area contributed by atoms with Gasteiger partial charge in [0, 0.05) is 27.3 Å². The molecule has 0 aromatic carbocycles. The van der Waals surface area contributed by atoms with Gasteiger partial charge in [-0.3, -0.25) is 20.2 Å². The minimum absolute atomic E-state index is 0.0779. The Morgan fingerprint density at radius 3 is 1.53 bits per heavy atom. The van der Waals surface area contributed by atoms with Crippen molar-refractivity contribution in [3.8, 4) is 0 Å². The van der Waals surface area contributed by atoms with Crippen LogP contribution in [0.1, 0.15) is 23.6 Å². The Balaban J connectivity index is 2.39. The average Bonchev–Trinajstić information content (AvgIpc) is 2.99. The van der Waals surface area contributed by atoms with E-state index < -0.39 is 15.3 Å². The zero-order valence-electron chi connectivity index (χ0n) is 10.2. The van der Waals surface area contributed by atoms with E-state index >= 15 is 0 Å². The molecular formula is C11H10N2O4S2. The van der Waals surface area contributed by atoms with E-state index in [9.17, 15) is 20.2 Å². The Labute approximate surface area is 116 Å². The highest BCUT2D eigenvalue weighted by Gasteiger charge is 2.30. The van der Waals surface area contributed by atoms with Gasteiger partial charge in [0.15, 0.2) is 0 Å². The standard InChI is InChI=1S/C11H10N2O4S2/c1-11(2,7-3-5-9(18-7)12(14)15)8-4-6-10(19-8)13(16)17/h3-6H,1-2H3. The van der Waals surface area contributed by atoms with E-state index in [0.717, 1.165) is 32.4 Å². The van der Waals surface area contributed by atoms with Gasteiger partial charge in [0.2, 0.25) is 0 Å². The molecule has 0 unspecified atom stereocenters. The minimum atomic E-state index is -0.474. The van der Waals surface area contributed by atoms with E-state index in [0.29, 0.717) is 0 Å². The van der Waals surface area contributed by atoms with Crippen LogP contribution >= 0.6 is 22.7 Å². The molecule has 0 saturated heterocycles. The molecule has 0 aliphatic carbocycles. The van der Waals surface area contributed by atoms with Gasteiger partial charge in [-0.2, -0.15) is 0 Å². The van der Waals surface area contributed by atoms with E-state index in [-0.39, 0.29) is 10.0 Å². The molecule has 2 aromatic rings. The number of thiophene rings is 2. The summed E-state index contributed by atoms with van der Waals surface area (Å²) in [6.07, 6.45) is 0. The maximum absolute atomic E-state index is 10.7. The van der Waals surface area contributed by atoms with Crippen LogP contribution in [0.25, 0.3) is 0 Å². The summed E-state index contributed by atoms with van der Waals surface area (Å²) in [6.45, 7) is 3.80. The molecule has 0 amide bonds. The lowest BCUT2D eigenvalue weighted by Crippen LogP contribution is -2.15. The Hall–Kier alpha value is -1.80. The van der Waals surface area contributed by atoms with Crippen molar-refractivity contribution in [2.24, 2.45) is 0 Å². The minimum Gasteiger partial charge on any atom is -0.258 e. The predicted molar refractivity (Wildman–Crippen MR) is 74.1 cm³/mol. The molecule has 0 N–H and O–H groups in total. The molecule has 0 fully saturated rings. The predicted octanol–water partition coefficient (Wildman–Crippen LogP) is 3.95. The molecule has 19 heavy (non-hydrogen) atoms. The second-order valence-corrected chi connectivity index (χ2v) is 6.54. The molecule has 2 aromatic heterocycles. The van der Waals surface area contributed by atoms with Gasteiger partial charge < -0.3 is 0 Å². The third kappa shape index (κ3) is 2.49. The Morgan fingerprint density at radius 2 is 1.26 bits per heavy atom. The first-order valence-corrected chi connectivity index (χ1v) is 6.95. The van der Waals surface area contributed by atoms with E-state index in [1.165, 1.54) is 12.1 Å². The third-order valence-corrected chi connectivity index (χ3v) is 5.50. The van der Waals surface area contributed by atoms with E-state index in [4.69, 9.17) is 0 Å². The summed E-state index contributed by atoms with van der Waals surface area (Å²) >= 11 is 2.20. The SMILES string of the molecule is CC(C)(c1ccc([N+](=O)[O-])s1)c1ccc([N+](=O)[O-])s1. The summed E-state index contributed by atoms with van der Waals surface area (Å²) in [7, 11) is 0. The summed E-state index contributed by atoms with van der Waals surface area (Å²) in [5.41, 5.74) is -0.474. The van der Waals surface area contributed by atoms with E-state index in [1.807, 2.05) is 13.8 Å². The fourth-order valence-corrected chi connectivity index (χ4v) is 3.58. The van der Waals surface area contributed by atoms with Crippen LogP contribution < -0.4 is 0 Å². The quantitative estimate of drug-likeness (QED) is 0.631. The maximum atomic E-state index is 10.7. The molecule has 2 rings (SSSR count). The van der Waals surface area contributed by atoms with Crippen LogP contribution in [0.2, 0.25) is 0 Å². The highest BCUT2D eigenvalue weighted by Crippen LogP contribution is 2.42. The van der Waals surface area contributed by atoms with Crippen LogP contribution in [0.5, 0.6) is 0 Å². The summed E-state index contributed by atoms with van der Waals surface area (Å²) in [6, 6.07) is 6.33. The molecule has 0 aliphatic rings. The monoisotopic (exact) mass is 298 g/mol. The van der Waals surface area contributed by atoms with Crippen molar-refractivity contribution in [2.45, 2.75) is 19.3 Å². The van der Waals surface area contributed by atoms with Crippen molar-refractivity contribution in [1.29, 1.82) is 0 Å². The van der Waals surface area contributed by atoms with Gasteiger partial charge in [0.1, 0.15) is 0 Å². The molecule has 0 bridgehead atoms. The Kier molecular flexibility index (Phi) is 3.38. The molecule has 8 heteroatoms. The highest BCUT2D eigenvalue weighted by atomic mass is 32.1. The van der Waals surface area contributed by atoms with Crippen molar-refractivity contribution in [2.75, 3.05) is 0 Å². The van der Waals surface area contributed by atoms with Crippen LogP contribution in [-0.4, -0.2) is 9.85 Å². The molecule has 0 aliphatic heterocycles. The normalized spacial score (nSPS) is 11.5. The van der Waals surface area contributed by atoms with Crippen LogP contribution in [0.4, 0.5) is 10.0 Å². The van der Waals surface area contributed by atoms with E-state index in [2.05, 4.69) is 0 Å². The van der Waals surface area contributed by atoms with Crippen molar-refractivity contribution in [3.63, 3.8) is 0 Å². The lowest BCUT2D eigenvalue weighted by Gasteiger charge is -2.20. The summed E-state index contributed by atoms with van der Waals surface area (Å²) in [5.74, 6) is 0. The smallest absolute Gasteiger partial charge is 0.258 e. The second-order valence-electron chi connectivity index (χ2n) is 4.41. The first-order chi connectivity index (χ1) is 8.82. The second kappa shape index (κ2) is 4.71. The topological polar surface area (TPSA) is 86.3 Å². The highest BCUT2D eigenvalue weighted by molar-refractivity contribution is 7.17. The third-order valence-electron chi connectivity index (χ3n) is 2.78. The number of nitro groups is 2. The van der Waals surface area contributed by atoms with Crippen LogP contribution in [0, 0.1) is 20.2 Å². The maximum Gasteiger partial charge on any atom is 0.324 e. The molecule has 100 valence electrons. The summed E-state index contributed by atoms with van der Waals surface area (Å²) in [5, 5.41) is 21.6. The molecule has 2 heterocycles. The van der Waals surface area contributed by atoms with Crippen LogP contribution in [0.3, 0.4) is 0 Å². The fourth-order valence-electron chi connectivity index (χ4n) is 1.64. The van der Waals surface area contributed by atoms with Gasteiger partial charge in [-0.25, -0.2) is 0 Å². The number of hydrogen-bond donors (Lipinski definition) is 0. The summed E-state index contributed by atoms with van der Waals surface area (Å²) in [4.78, 5) is 22.2. The lowest BCUT2D eigenvalue weighted by atomic mass is 9.90. The Bertz CT molecular complexity index is 590. The first-order valence-electron chi connectivity index (χ1n) is 5.32. The number of hydrogen-bond acceptors (Lipinski definition) is 6. The van der Waals surface area contributed by atoms with E-state index in [1.54, 1.807) is 12.1 Å². The molecule has 0 atom stereocenters. The van der Waals surface area contributed by atoms with Gasteiger partial charge in [-0.05, 0) is 12.1 Å². The van der Waals surface area contributed by atoms with Crippen molar-refractivity contribution in [1.82, 2.24) is 0 Å². The molecule has 0 spiro atoms. The van der Waals surface area contributed by atoms with Crippen molar-refractivity contribution in [3.05, 3.63) is 54.2 Å². The number of nitrogens with zero attached hydrogens (tertiary/aromatic N) is 2. The van der Waals surface area contributed by atoms with Gasteiger partial charge in [0.25, 0.3) is 0 Å². The zero-order chi connectivity index (χ0) is 14.2. The van der Waals surface area contributed by atoms with Gasteiger partial charge >= 0.3 is 10.0 Å². The van der Waals surface area contributed by atoms with Gasteiger partial charge in [0.05, 0.1) is 9.85 Å². The first kappa shape index (κ1) is 13.6. The largest absolute Gasteiger partial charge is 0.324 e. The molecule has 0 radical (unpaired) electrons. The average molecular weight is 298 g/mol. The summed E-state index contributed by atoms with van der Waals surface area (Å²) < 4.78 is 0. The molecule has 6 nitrogen and oxygen atoms in total. The zero-order valence-corrected chi connectivity index (χ0v) is 11.8. The van der Waals surface area contributed by atoms with Crippen molar-refractivity contribution < 1.29 is 9.85 Å². The van der Waals surface area contributed by atoms with Gasteiger partial charge in [-0.15, -0.1) is 0 Å². The van der Waals surface area contributed by atoms with Crippen molar-refractivity contribution >= 4 is 32.7 Å². The van der Waals surface area contributed by atoms with Crippen LogP contribution in [0.15, 0.2) is 24.3 Å². The Morgan fingerprint density at radius 1 is 0.895 bits per heavy atom. The van der Waals surface area contributed by atoms with Gasteiger partial charge in [-0.1, -0.05) is 36.5 Å². The fraction of sp³-hybridized carbons (Fsp3) is 0.273. The molecule has 0 saturated carbocycles. The van der Waals surface area contributed by atoms with Crippen LogP contribution in [-0.2, 0) is 5.41 Å². The lowest BCUT2D eigenvalue weighted by molar-refractivity contribution is -0.380. The number of rotatable bonds is 4.